The third-order valence-corrected chi connectivity index (χ3v) is 4.04. The molecule has 0 saturated heterocycles. The van der Waals surface area contributed by atoms with Crippen molar-refractivity contribution in [2.45, 2.75) is 26.4 Å². The molecule has 5 nitrogen and oxygen atoms in total. The van der Waals surface area contributed by atoms with E-state index in [4.69, 9.17) is 4.74 Å². The Balaban J connectivity index is 1.86. The van der Waals surface area contributed by atoms with Crippen molar-refractivity contribution in [3.63, 3.8) is 0 Å². The lowest BCUT2D eigenvalue weighted by atomic mass is 9.96. The summed E-state index contributed by atoms with van der Waals surface area (Å²) in [6.45, 7) is 3.79. The number of aromatic hydroxyl groups is 1. The number of rotatable bonds is 3. The molecule has 0 bridgehead atoms. The second kappa shape index (κ2) is 6.20. The van der Waals surface area contributed by atoms with Crippen molar-refractivity contribution in [2.24, 2.45) is 16.1 Å². The molecule has 1 aliphatic carbocycles. The van der Waals surface area contributed by atoms with Gasteiger partial charge in [0.1, 0.15) is 12.0 Å². The number of nitrogens with zero attached hydrogens (tertiary/aromatic N) is 2. The number of ether oxygens (including phenoxy) is 1. The Hall–Kier alpha value is -2.69. The Labute approximate surface area is 134 Å². The number of phenolic OH excluding ortho intramolecular Hbond substituents is 1. The van der Waals surface area contributed by atoms with Crippen LogP contribution in [0, 0.1) is 12.8 Å². The summed E-state index contributed by atoms with van der Waals surface area (Å²) >= 11 is 0. The van der Waals surface area contributed by atoms with E-state index < -0.39 is 6.10 Å². The average molecular weight is 310 g/mol. The molecule has 1 aliphatic heterocycles. The summed E-state index contributed by atoms with van der Waals surface area (Å²) in [7, 11) is 0. The van der Waals surface area contributed by atoms with Crippen LogP contribution in [0.5, 0.6) is 5.75 Å². The van der Waals surface area contributed by atoms with Crippen molar-refractivity contribution < 1.29 is 14.6 Å². The van der Waals surface area contributed by atoms with Gasteiger partial charge in [-0.05, 0) is 38.0 Å². The van der Waals surface area contributed by atoms with Gasteiger partial charge in [-0.15, -0.1) is 5.10 Å². The van der Waals surface area contributed by atoms with Gasteiger partial charge in [-0.2, -0.15) is 5.10 Å². The standard InChI is InChI=1S/C18H18N2O3/c1-11-3-5-13(6-4-11)18-20-19-9-17(23-18)15-8-16(22)12(2)7-14(15)10-21/h3-5,7-10,13,17,22H,6H2,1-2H3. The Morgan fingerprint density at radius 3 is 2.87 bits per heavy atom. The normalized spacial score (nSPS) is 23.0. The van der Waals surface area contributed by atoms with Gasteiger partial charge in [0.05, 0.1) is 12.1 Å². The minimum atomic E-state index is -0.533. The highest BCUT2D eigenvalue weighted by atomic mass is 16.5. The largest absolute Gasteiger partial charge is 0.508 e. The van der Waals surface area contributed by atoms with Crippen LogP contribution < -0.4 is 0 Å². The lowest BCUT2D eigenvalue weighted by molar-refractivity contribution is 0.111. The van der Waals surface area contributed by atoms with Crippen molar-refractivity contribution in [2.75, 3.05) is 0 Å². The summed E-state index contributed by atoms with van der Waals surface area (Å²) < 4.78 is 5.93. The molecule has 1 aromatic carbocycles. The predicted octanol–water partition coefficient (Wildman–Crippen LogP) is 3.49. The molecule has 118 valence electrons. The molecular weight excluding hydrogens is 292 g/mol. The van der Waals surface area contributed by atoms with E-state index in [9.17, 15) is 9.90 Å². The molecule has 0 saturated carbocycles. The van der Waals surface area contributed by atoms with Crippen LogP contribution in [-0.2, 0) is 4.74 Å². The van der Waals surface area contributed by atoms with E-state index >= 15 is 0 Å². The van der Waals surface area contributed by atoms with Crippen LogP contribution in [0.2, 0.25) is 0 Å². The zero-order chi connectivity index (χ0) is 16.4. The molecule has 23 heavy (non-hydrogen) atoms. The average Bonchev–Trinajstić information content (AvgIpc) is 2.57. The summed E-state index contributed by atoms with van der Waals surface area (Å²) in [5, 5.41) is 18.0. The highest BCUT2D eigenvalue weighted by Gasteiger charge is 2.25. The van der Waals surface area contributed by atoms with Crippen LogP contribution in [0.25, 0.3) is 0 Å². The topological polar surface area (TPSA) is 71.2 Å². The Morgan fingerprint density at radius 2 is 2.17 bits per heavy atom. The van der Waals surface area contributed by atoms with E-state index in [1.54, 1.807) is 19.1 Å². The SMILES string of the molecule is CC1=CCC(C2=NN=CC(c3cc(O)c(C)cc3C=O)O2)C=C1. The second-order valence-corrected chi connectivity index (χ2v) is 5.78. The van der Waals surface area contributed by atoms with Gasteiger partial charge in [0.25, 0.3) is 0 Å². The van der Waals surface area contributed by atoms with Gasteiger partial charge in [0.2, 0.25) is 5.90 Å². The molecule has 2 atom stereocenters. The van der Waals surface area contributed by atoms with Crippen LogP contribution >= 0.6 is 0 Å². The number of allylic oxidation sites excluding steroid dienone is 3. The summed E-state index contributed by atoms with van der Waals surface area (Å²) in [6.07, 6.45) is 8.77. The first-order valence-electron chi connectivity index (χ1n) is 7.50. The molecule has 1 aromatic rings. The lowest BCUT2D eigenvalue weighted by Crippen LogP contribution is -2.23. The molecule has 2 aliphatic rings. The van der Waals surface area contributed by atoms with Crippen LogP contribution in [0.4, 0.5) is 0 Å². The fourth-order valence-electron chi connectivity index (χ4n) is 2.63. The minimum Gasteiger partial charge on any atom is -0.508 e. The van der Waals surface area contributed by atoms with Crippen LogP contribution in [0.3, 0.4) is 0 Å². The van der Waals surface area contributed by atoms with Gasteiger partial charge < -0.3 is 9.84 Å². The first-order valence-corrected chi connectivity index (χ1v) is 7.50. The summed E-state index contributed by atoms with van der Waals surface area (Å²) in [5.74, 6) is 0.689. The maximum absolute atomic E-state index is 11.3. The molecular formula is C18H18N2O3. The number of carbonyl (C=O) groups is 1. The lowest BCUT2D eigenvalue weighted by Gasteiger charge is -2.24. The third kappa shape index (κ3) is 3.08. The molecule has 0 radical (unpaired) electrons. The predicted molar refractivity (Wildman–Crippen MR) is 89.0 cm³/mol. The Kier molecular flexibility index (Phi) is 4.10. The van der Waals surface area contributed by atoms with Gasteiger partial charge in [-0.1, -0.05) is 23.8 Å². The number of phenols is 1. The monoisotopic (exact) mass is 310 g/mol. The molecule has 5 heteroatoms. The highest BCUT2D eigenvalue weighted by Crippen LogP contribution is 2.30. The summed E-state index contributed by atoms with van der Waals surface area (Å²) in [6, 6.07) is 3.20. The number of carbonyl (C=O) groups excluding carboxylic acids is 1. The van der Waals surface area contributed by atoms with Crippen molar-refractivity contribution >= 4 is 18.4 Å². The van der Waals surface area contributed by atoms with Crippen molar-refractivity contribution in [1.29, 1.82) is 0 Å². The number of hydrogen-bond acceptors (Lipinski definition) is 5. The first kappa shape index (κ1) is 15.2. The van der Waals surface area contributed by atoms with E-state index in [1.165, 1.54) is 11.8 Å². The van der Waals surface area contributed by atoms with Crippen molar-refractivity contribution in [1.82, 2.24) is 0 Å². The molecule has 0 fully saturated rings. The van der Waals surface area contributed by atoms with E-state index in [2.05, 4.69) is 16.3 Å². The van der Waals surface area contributed by atoms with Gasteiger partial charge in [0.15, 0.2) is 6.10 Å². The van der Waals surface area contributed by atoms with Crippen LogP contribution in [0.1, 0.15) is 40.9 Å². The fourth-order valence-corrected chi connectivity index (χ4v) is 2.63. The zero-order valence-electron chi connectivity index (χ0n) is 13.1. The smallest absolute Gasteiger partial charge is 0.216 e. The van der Waals surface area contributed by atoms with Crippen molar-refractivity contribution in [3.8, 4) is 5.75 Å². The van der Waals surface area contributed by atoms with E-state index in [1.807, 2.05) is 19.1 Å². The van der Waals surface area contributed by atoms with Crippen LogP contribution in [0.15, 0.2) is 46.1 Å². The Morgan fingerprint density at radius 1 is 1.35 bits per heavy atom. The zero-order valence-corrected chi connectivity index (χ0v) is 13.1. The van der Waals surface area contributed by atoms with E-state index in [0.717, 1.165) is 12.7 Å². The number of hydrogen-bond donors (Lipinski definition) is 1. The molecule has 3 rings (SSSR count). The molecule has 1 N–H and O–H groups in total. The van der Waals surface area contributed by atoms with Gasteiger partial charge in [0, 0.05) is 11.1 Å². The molecule has 1 heterocycles. The molecule has 0 aromatic heterocycles. The Bertz CT molecular complexity index is 760. The second-order valence-electron chi connectivity index (χ2n) is 5.78. The van der Waals surface area contributed by atoms with Gasteiger partial charge in [-0.3, -0.25) is 4.79 Å². The van der Waals surface area contributed by atoms with E-state index in [-0.39, 0.29) is 11.7 Å². The van der Waals surface area contributed by atoms with Gasteiger partial charge in [-0.25, -0.2) is 0 Å². The quantitative estimate of drug-likeness (QED) is 0.869. The number of benzene rings is 1. The third-order valence-electron chi connectivity index (χ3n) is 4.04. The first-order chi connectivity index (χ1) is 11.1. The maximum atomic E-state index is 11.3. The number of aldehydes is 1. The van der Waals surface area contributed by atoms with Crippen LogP contribution in [-0.4, -0.2) is 23.5 Å². The minimum absolute atomic E-state index is 0.0392. The molecule has 0 spiro atoms. The van der Waals surface area contributed by atoms with Gasteiger partial charge >= 0.3 is 0 Å². The maximum Gasteiger partial charge on any atom is 0.216 e. The van der Waals surface area contributed by atoms with Crippen molar-refractivity contribution in [3.05, 3.63) is 52.6 Å². The fraction of sp³-hybridized carbons (Fsp3) is 0.278. The van der Waals surface area contributed by atoms with E-state index in [0.29, 0.717) is 22.6 Å². The summed E-state index contributed by atoms with van der Waals surface area (Å²) in [5.41, 5.74) is 2.93. The molecule has 0 amide bonds. The highest BCUT2D eigenvalue weighted by molar-refractivity contribution is 5.88. The summed E-state index contributed by atoms with van der Waals surface area (Å²) in [4.78, 5) is 11.3. The molecule has 2 unspecified atom stereocenters. The number of aryl methyl sites for hydroxylation is 1.